The third-order valence-electron chi connectivity index (χ3n) is 2.78. The molecule has 0 bridgehead atoms. The minimum Gasteiger partial charge on any atom is -0.497 e. The Morgan fingerprint density at radius 2 is 2.33 bits per heavy atom. The lowest BCUT2D eigenvalue weighted by Gasteiger charge is -2.05. The highest BCUT2D eigenvalue weighted by molar-refractivity contribution is 7.09. The third-order valence-corrected chi connectivity index (χ3v) is 3.55. The number of hydrogen-bond acceptors (Lipinski definition) is 5. The number of ether oxygens (including phenoxy) is 1. The summed E-state index contributed by atoms with van der Waals surface area (Å²) >= 11 is 1.60. The van der Waals surface area contributed by atoms with Crippen molar-refractivity contribution in [2.24, 2.45) is 0 Å². The molecular formula is C12H12N4OS. The van der Waals surface area contributed by atoms with Crippen LogP contribution in [0.1, 0.15) is 4.88 Å². The Kier molecular flexibility index (Phi) is 2.64. The standard InChI is InChI=1S/C12H12N4OS/c1-17-8-2-3-10-11(4-8)16(12(13)15-10)6-9-5-14-7-18-9/h2-5,7H,6H2,1H3,(H2,13,15). The summed E-state index contributed by atoms with van der Waals surface area (Å²) in [6.45, 7) is 0.681. The van der Waals surface area contributed by atoms with Crippen molar-refractivity contribution in [3.63, 3.8) is 0 Å². The summed E-state index contributed by atoms with van der Waals surface area (Å²) in [5.74, 6) is 1.31. The zero-order valence-corrected chi connectivity index (χ0v) is 10.6. The van der Waals surface area contributed by atoms with E-state index in [0.717, 1.165) is 21.7 Å². The Morgan fingerprint density at radius 3 is 3.06 bits per heavy atom. The number of benzene rings is 1. The summed E-state index contributed by atoms with van der Waals surface area (Å²) in [6.07, 6.45) is 1.84. The number of methoxy groups -OCH3 is 1. The number of imidazole rings is 1. The van der Waals surface area contributed by atoms with E-state index >= 15 is 0 Å². The van der Waals surface area contributed by atoms with E-state index in [2.05, 4.69) is 9.97 Å². The number of nitrogen functional groups attached to an aromatic ring is 1. The highest BCUT2D eigenvalue weighted by atomic mass is 32.1. The summed E-state index contributed by atoms with van der Waals surface area (Å²) in [5.41, 5.74) is 9.61. The first-order chi connectivity index (χ1) is 8.78. The van der Waals surface area contributed by atoms with Gasteiger partial charge in [-0.3, -0.25) is 4.98 Å². The number of anilines is 1. The first kappa shape index (κ1) is 11.0. The lowest BCUT2D eigenvalue weighted by molar-refractivity contribution is 0.415. The largest absolute Gasteiger partial charge is 0.497 e. The lowest BCUT2D eigenvalue weighted by Crippen LogP contribution is -2.03. The number of hydrogen-bond donors (Lipinski definition) is 1. The fourth-order valence-electron chi connectivity index (χ4n) is 1.89. The molecule has 0 aliphatic carbocycles. The zero-order valence-electron chi connectivity index (χ0n) is 9.83. The van der Waals surface area contributed by atoms with Crippen LogP contribution in [0.3, 0.4) is 0 Å². The van der Waals surface area contributed by atoms with E-state index in [9.17, 15) is 0 Å². The Hall–Kier alpha value is -2.08. The monoisotopic (exact) mass is 260 g/mol. The highest BCUT2D eigenvalue weighted by Gasteiger charge is 2.10. The second kappa shape index (κ2) is 4.30. The molecule has 0 saturated carbocycles. The quantitative estimate of drug-likeness (QED) is 0.783. The number of aromatic nitrogens is 3. The normalized spacial score (nSPS) is 10.9. The SMILES string of the molecule is COc1ccc2nc(N)n(Cc3cncs3)c2c1. The smallest absolute Gasteiger partial charge is 0.201 e. The summed E-state index contributed by atoms with van der Waals surface area (Å²) in [5, 5.41) is 0. The molecule has 2 heterocycles. The first-order valence-electron chi connectivity index (χ1n) is 5.45. The van der Waals surface area contributed by atoms with Crippen LogP contribution in [-0.4, -0.2) is 21.6 Å². The van der Waals surface area contributed by atoms with Gasteiger partial charge < -0.3 is 15.0 Å². The molecule has 92 valence electrons. The van der Waals surface area contributed by atoms with Gasteiger partial charge in [-0.1, -0.05) is 0 Å². The number of nitrogens with two attached hydrogens (primary N) is 1. The fraction of sp³-hybridized carbons (Fsp3) is 0.167. The van der Waals surface area contributed by atoms with Gasteiger partial charge in [-0.2, -0.15) is 0 Å². The molecule has 1 aromatic carbocycles. The molecule has 0 unspecified atom stereocenters. The van der Waals surface area contributed by atoms with Gasteiger partial charge in [0.15, 0.2) is 0 Å². The molecule has 6 heteroatoms. The molecule has 0 radical (unpaired) electrons. The fourth-order valence-corrected chi connectivity index (χ4v) is 2.47. The van der Waals surface area contributed by atoms with Gasteiger partial charge in [0.1, 0.15) is 5.75 Å². The van der Waals surface area contributed by atoms with Gasteiger partial charge in [0.2, 0.25) is 5.95 Å². The highest BCUT2D eigenvalue weighted by Crippen LogP contribution is 2.24. The Balaban J connectivity index is 2.11. The van der Waals surface area contributed by atoms with Gasteiger partial charge >= 0.3 is 0 Å². The van der Waals surface area contributed by atoms with Crippen LogP contribution in [0, 0.1) is 0 Å². The van der Waals surface area contributed by atoms with Crippen LogP contribution in [0.25, 0.3) is 11.0 Å². The average Bonchev–Trinajstić information content (AvgIpc) is 2.99. The molecule has 2 N–H and O–H groups in total. The minimum absolute atomic E-state index is 0.506. The van der Waals surface area contributed by atoms with Gasteiger partial charge in [0.25, 0.3) is 0 Å². The molecule has 3 rings (SSSR count). The molecule has 0 amide bonds. The molecule has 0 spiro atoms. The van der Waals surface area contributed by atoms with Crippen LogP contribution < -0.4 is 10.5 Å². The van der Waals surface area contributed by atoms with Crippen molar-refractivity contribution in [2.45, 2.75) is 6.54 Å². The van der Waals surface area contributed by atoms with Crippen LogP contribution in [0.4, 0.5) is 5.95 Å². The molecule has 0 atom stereocenters. The maximum Gasteiger partial charge on any atom is 0.201 e. The zero-order chi connectivity index (χ0) is 12.5. The van der Waals surface area contributed by atoms with Crippen molar-refractivity contribution < 1.29 is 4.74 Å². The second-order valence-corrected chi connectivity index (χ2v) is 4.85. The summed E-state index contributed by atoms with van der Waals surface area (Å²) in [6, 6.07) is 5.74. The van der Waals surface area contributed by atoms with Crippen molar-refractivity contribution in [1.29, 1.82) is 0 Å². The van der Waals surface area contributed by atoms with Crippen LogP contribution in [0.15, 0.2) is 29.9 Å². The van der Waals surface area contributed by atoms with Gasteiger partial charge in [0, 0.05) is 17.1 Å². The van der Waals surface area contributed by atoms with Crippen LogP contribution in [0.5, 0.6) is 5.75 Å². The molecule has 18 heavy (non-hydrogen) atoms. The summed E-state index contributed by atoms with van der Waals surface area (Å²) in [7, 11) is 1.65. The summed E-state index contributed by atoms with van der Waals surface area (Å²) in [4.78, 5) is 9.55. The number of fused-ring (bicyclic) bond motifs is 1. The number of nitrogens with zero attached hydrogens (tertiary/aromatic N) is 3. The Labute approximate surface area is 108 Å². The molecule has 0 saturated heterocycles. The van der Waals surface area contributed by atoms with Crippen LogP contribution in [0.2, 0.25) is 0 Å². The van der Waals surface area contributed by atoms with E-state index in [1.807, 2.05) is 34.5 Å². The van der Waals surface area contributed by atoms with Gasteiger partial charge in [-0.05, 0) is 12.1 Å². The minimum atomic E-state index is 0.506. The van der Waals surface area contributed by atoms with Gasteiger partial charge in [0.05, 0.1) is 30.2 Å². The van der Waals surface area contributed by atoms with E-state index in [-0.39, 0.29) is 0 Å². The van der Waals surface area contributed by atoms with E-state index in [1.165, 1.54) is 0 Å². The van der Waals surface area contributed by atoms with Crippen LogP contribution in [-0.2, 0) is 6.54 Å². The topological polar surface area (TPSA) is 66.0 Å². The van der Waals surface area contributed by atoms with Crippen LogP contribution >= 0.6 is 11.3 Å². The van der Waals surface area contributed by atoms with Crippen molar-refractivity contribution >= 4 is 28.3 Å². The molecule has 0 aliphatic rings. The molecule has 2 aromatic heterocycles. The maximum absolute atomic E-state index is 5.96. The molecular weight excluding hydrogens is 248 g/mol. The summed E-state index contributed by atoms with van der Waals surface area (Å²) < 4.78 is 7.19. The van der Waals surface area contributed by atoms with E-state index in [0.29, 0.717) is 12.5 Å². The van der Waals surface area contributed by atoms with E-state index in [1.54, 1.807) is 18.4 Å². The molecule has 0 aliphatic heterocycles. The third kappa shape index (κ3) is 1.80. The molecule has 3 aromatic rings. The number of rotatable bonds is 3. The van der Waals surface area contributed by atoms with Crippen molar-refractivity contribution in [1.82, 2.24) is 14.5 Å². The van der Waals surface area contributed by atoms with E-state index in [4.69, 9.17) is 10.5 Å². The Morgan fingerprint density at radius 1 is 1.44 bits per heavy atom. The molecule has 0 fully saturated rings. The van der Waals surface area contributed by atoms with Crippen molar-refractivity contribution in [3.8, 4) is 5.75 Å². The lowest BCUT2D eigenvalue weighted by atomic mass is 10.3. The average molecular weight is 260 g/mol. The maximum atomic E-state index is 5.96. The second-order valence-electron chi connectivity index (χ2n) is 3.88. The predicted octanol–water partition coefficient (Wildman–Crippen LogP) is 2.13. The molecule has 5 nitrogen and oxygen atoms in total. The predicted molar refractivity (Wildman–Crippen MR) is 71.9 cm³/mol. The van der Waals surface area contributed by atoms with Gasteiger partial charge in [-0.15, -0.1) is 11.3 Å². The Bertz CT molecular complexity index is 675. The number of thiazole rings is 1. The van der Waals surface area contributed by atoms with Crippen molar-refractivity contribution in [3.05, 3.63) is 34.8 Å². The van der Waals surface area contributed by atoms with E-state index < -0.39 is 0 Å². The van der Waals surface area contributed by atoms with Gasteiger partial charge in [-0.25, -0.2) is 4.98 Å². The first-order valence-corrected chi connectivity index (χ1v) is 6.33. The van der Waals surface area contributed by atoms with Crippen molar-refractivity contribution in [2.75, 3.05) is 12.8 Å².